The average Bonchev–Trinajstić information content (AvgIpc) is 2.49. The molecule has 1 aliphatic heterocycles. The number of likely N-dealkylation sites (tertiary alicyclic amines) is 1. The van der Waals surface area contributed by atoms with Gasteiger partial charge in [-0.1, -0.05) is 25.0 Å². The van der Waals surface area contributed by atoms with E-state index >= 15 is 0 Å². The molecule has 1 aliphatic carbocycles. The van der Waals surface area contributed by atoms with Crippen LogP contribution in [0, 0.1) is 16.0 Å². The molecule has 0 bridgehead atoms. The summed E-state index contributed by atoms with van der Waals surface area (Å²) in [6.07, 6.45) is 7.84. The number of hydrogen-bond acceptors (Lipinski definition) is 4. The van der Waals surface area contributed by atoms with Crippen molar-refractivity contribution >= 4 is 11.4 Å². The minimum atomic E-state index is -0.390. The van der Waals surface area contributed by atoms with E-state index in [0.29, 0.717) is 11.7 Å². The van der Waals surface area contributed by atoms with Gasteiger partial charge >= 0.3 is 0 Å². The lowest BCUT2D eigenvalue weighted by molar-refractivity contribution is -0.384. The molecule has 114 valence electrons. The Morgan fingerprint density at radius 1 is 1.24 bits per heavy atom. The first-order valence-corrected chi connectivity index (χ1v) is 7.92. The van der Waals surface area contributed by atoms with Gasteiger partial charge in [-0.15, -0.1) is 0 Å². The fourth-order valence-electron chi connectivity index (χ4n) is 4.04. The van der Waals surface area contributed by atoms with E-state index in [0.717, 1.165) is 24.6 Å². The summed E-state index contributed by atoms with van der Waals surface area (Å²) in [5.41, 5.74) is 7.27. The molecule has 1 saturated carbocycles. The lowest BCUT2D eigenvalue weighted by Crippen LogP contribution is -2.46. The van der Waals surface area contributed by atoms with Crippen LogP contribution >= 0.6 is 0 Å². The lowest BCUT2D eigenvalue weighted by atomic mass is 9.78. The van der Waals surface area contributed by atoms with Crippen LogP contribution in [0.4, 0.5) is 11.4 Å². The monoisotopic (exact) mass is 289 g/mol. The summed E-state index contributed by atoms with van der Waals surface area (Å²) < 4.78 is 0. The quantitative estimate of drug-likeness (QED) is 0.526. The highest BCUT2D eigenvalue weighted by molar-refractivity contribution is 5.62. The molecule has 2 fully saturated rings. The lowest BCUT2D eigenvalue weighted by Gasteiger charge is -2.44. The topological polar surface area (TPSA) is 72.4 Å². The summed E-state index contributed by atoms with van der Waals surface area (Å²) in [6.45, 7) is 1.83. The summed E-state index contributed by atoms with van der Waals surface area (Å²) in [5, 5.41) is 11.0. The van der Waals surface area contributed by atoms with Crippen LogP contribution in [0.3, 0.4) is 0 Å². The van der Waals surface area contributed by atoms with Crippen molar-refractivity contribution in [1.29, 1.82) is 0 Å². The molecule has 1 aromatic carbocycles. The van der Waals surface area contributed by atoms with Crippen LogP contribution in [-0.2, 0) is 6.54 Å². The van der Waals surface area contributed by atoms with Gasteiger partial charge in [-0.05, 0) is 43.7 Å². The smallest absolute Gasteiger partial charge is 0.292 e. The van der Waals surface area contributed by atoms with Crippen molar-refractivity contribution in [3.63, 3.8) is 0 Å². The fraction of sp³-hybridized carbons (Fsp3) is 0.625. The molecule has 0 aromatic heterocycles. The van der Waals surface area contributed by atoms with E-state index in [-0.39, 0.29) is 5.69 Å². The maximum absolute atomic E-state index is 11.0. The Labute approximate surface area is 125 Å². The van der Waals surface area contributed by atoms with Gasteiger partial charge in [-0.2, -0.15) is 0 Å². The van der Waals surface area contributed by atoms with Crippen molar-refractivity contribution < 1.29 is 4.92 Å². The number of nitrogen functional groups attached to an aromatic ring is 1. The zero-order valence-corrected chi connectivity index (χ0v) is 12.3. The van der Waals surface area contributed by atoms with Crippen LogP contribution in [0.2, 0.25) is 0 Å². The van der Waals surface area contributed by atoms with Crippen molar-refractivity contribution in [1.82, 2.24) is 4.90 Å². The first-order valence-electron chi connectivity index (χ1n) is 7.92. The summed E-state index contributed by atoms with van der Waals surface area (Å²) in [7, 11) is 0. The number of fused-ring (bicyclic) bond motifs is 1. The van der Waals surface area contributed by atoms with E-state index in [4.69, 9.17) is 5.73 Å². The van der Waals surface area contributed by atoms with Crippen LogP contribution in [-0.4, -0.2) is 22.4 Å². The van der Waals surface area contributed by atoms with Crippen LogP contribution in [0.1, 0.15) is 44.1 Å². The van der Waals surface area contributed by atoms with E-state index in [9.17, 15) is 10.1 Å². The Balaban J connectivity index is 1.79. The Hall–Kier alpha value is -1.62. The van der Waals surface area contributed by atoms with E-state index in [1.165, 1.54) is 44.6 Å². The van der Waals surface area contributed by atoms with E-state index in [1.54, 1.807) is 6.07 Å². The number of nitrogens with zero attached hydrogens (tertiary/aromatic N) is 2. The van der Waals surface area contributed by atoms with Crippen molar-refractivity contribution in [2.45, 2.75) is 51.1 Å². The fourth-order valence-corrected chi connectivity index (χ4v) is 4.04. The Kier molecular flexibility index (Phi) is 4.10. The van der Waals surface area contributed by atoms with Gasteiger partial charge in [0, 0.05) is 18.7 Å². The normalized spacial score (nSPS) is 26.3. The summed E-state index contributed by atoms with van der Waals surface area (Å²) in [4.78, 5) is 13.1. The van der Waals surface area contributed by atoms with Crippen LogP contribution in [0.5, 0.6) is 0 Å². The second kappa shape index (κ2) is 6.02. The Morgan fingerprint density at radius 2 is 2.00 bits per heavy atom. The first-order chi connectivity index (χ1) is 10.2. The largest absolute Gasteiger partial charge is 0.393 e. The van der Waals surface area contributed by atoms with Gasteiger partial charge in [-0.25, -0.2) is 0 Å². The number of anilines is 1. The molecular weight excluding hydrogens is 266 g/mol. The number of nitrogens with two attached hydrogens (primary N) is 1. The predicted molar refractivity (Wildman–Crippen MR) is 82.9 cm³/mol. The van der Waals surface area contributed by atoms with Crippen molar-refractivity contribution in [2.24, 2.45) is 5.92 Å². The van der Waals surface area contributed by atoms with Crippen LogP contribution < -0.4 is 5.73 Å². The summed E-state index contributed by atoms with van der Waals surface area (Å²) >= 11 is 0. The molecule has 0 amide bonds. The molecule has 21 heavy (non-hydrogen) atoms. The van der Waals surface area contributed by atoms with Gasteiger partial charge in [0.15, 0.2) is 0 Å². The molecule has 2 N–H and O–H groups in total. The molecule has 1 saturated heterocycles. The van der Waals surface area contributed by atoms with E-state index < -0.39 is 4.92 Å². The molecule has 2 unspecified atom stereocenters. The number of para-hydroxylation sites is 1. The second-order valence-corrected chi connectivity index (χ2v) is 6.33. The highest BCUT2D eigenvalue weighted by Gasteiger charge is 2.33. The van der Waals surface area contributed by atoms with Crippen LogP contribution in [0.25, 0.3) is 0 Å². The molecule has 1 aromatic rings. The predicted octanol–water partition coefficient (Wildman–Crippen LogP) is 3.33. The number of benzene rings is 1. The molecule has 0 radical (unpaired) electrons. The maximum atomic E-state index is 11.0. The number of rotatable bonds is 3. The molecule has 5 heteroatoms. The number of nitro benzene ring substituents is 1. The molecule has 5 nitrogen and oxygen atoms in total. The van der Waals surface area contributed by atoms with Crippen molar-refractivity contribution in [3.05, 3.63) is 33.9 Å². The zero-order valence-electron chi connectivity index (χ0n) is 12.3. The first kappa shape index (κ1) is 14.3. The van der Waals surface area contributed by atoms with E-state index in [1.807, 2.05) is 6.07 Å². The van der Waals surface area contributed by atoms with Crippen molar-refractivity contribution in [3.8, 4) is 0 Å². The third-order valence-electron chi connectivity index (χ3n) is 5.10. The Bertz CT molecular complexity index is 530. The molecule has 2 aliphatic rings. The number of piperidine rings is 1. The molecule has 2 atom stereocenters. The van der Waals surface area contributed by atoms with Gasteiger partial charge in [-0.3, -0.25) is 15.0 Å². The van der Waals surface area contributed by atoms with Gasteiger partial charge in [0.2, 0.25) is 0 Å². The summed E-state index contributed by atoms with van der Waals surface area (Å²) in [6, 6.07) is 5.80. The maximum Gasteiger partial charge on any atom is 0.292 e. The molecule has 3 rings (SSSR count). The number of hydrogen-bond donors (Lipinski definition) is 1. The third kappa shape index (κ3) is 2.88. The molecule has 1 heterocycles. The standard InChI is InChI=1S/C16H23N3O2/c17-16-13(6-3-9-15(16)19(20)21)11-18-10-4-7-12-5-1-2-8-14(12)18/h3,6,9,12,14H,1-2,4-5,7-8,10-11,17H2. The zero-order chi connectivity index (χ0) is 14.8. The van der Waals surface area contributed by atoms with Crippen LogP contribution in [0.15, 0.2) is 18.2 Å². The number of nitro groups is 1. The third-order valence-corrected chi connectivity index (χ3v) is 5.10. The Morgan fingerprint density at radius 3 is 2.81 bits per heavy atom. The summed E-state index contributed by atoms with van der Waals surface area (Å²) in [5.74, 6) is 0.812. The highest BCUT2D eigenvalue weighted by atomic mass is 16.6. The molecular formula is C16H23N3O2. The minimum absolute atomic E-state index is 0.0321. The van der Waals surface area contributed by atoms with Gasteiger partial charge in [0.1, 0.15) is 5.69 Å². The van der Waals surface area contributed by atoms with Gasteiger partial charge < -0.3 is 5.73 Å². The molecule has 0 spiro atoms. The minimum Gasteiger partial charge on any atom is -0.393 e. The van der Waals surface area contributed by atoms with Gasteiger partial charge in [0.05, 0.1) is 4.92 Å². The average molecular weight is 289 g/mol. The second-order valence-electron chi connectivity index (χ2n) is 6.33. The van der Waals surface area contributed by atoms with Crippen molar-refractivity contribution in [2.75, 3.05) is 12.3 Å². The van der Waals surface area contributed by atoms with E-state index in [2.05, 4.69) is 4.90 Å². The van der Waals surface area contributed by atoms with Gasteiger partial charge in [0.25, 0.3) is 5.69 Å². The SMILES string of the molecule is Nc1c(CN2CCCC3CCCCC32)cccc1[N+](=O)[O-]. The highest BCUT2D eigenvalue weighted by Crippen LogP contribution is 2.37.